The first-order chi connectivity index (χ1) is 14.1. The highest BCUT2D eigenvalue weighted by molar-refractivity contribution is 7.92. The van der Waals surface area contributed by atoms with Gasteiger partial charge in [-0.3, -0.25) is 9.10 Å². The molecule has 1 N–H and O–H groups in total. The van der Waals surface area contributed by atoms with Crippen molar-refractivity contribution in [3.8, 4) is 0 Å². The lowest BCUT2D eigenvalue weighted by molar-refractivity contribution is -0.116. The quantitative estimate of drug-likeness (QED) is 0.457. The number of rotatable bonds is 9. The molecule has 7 nitrogen and oxygen atoms in total. The summed E-state index contributed by atoms with van der Waals surface area (Å²) in [5.74, 6) is -0.950. The predicted molar refractivity (Wildman–Crippen MR) is 118 cm³/mol. The van der Waals surface area contributed by atoms with Gasteiger partial charge in [-0.15, -0.1) is 0 Å². The van der Waals surface area contributed by atoms with Crippen molar-refractivity contribution < 1.29 is 22.7 Å². The Kier molecular flexibility index (Phi) is 8.25. The zero-order chi connectivity index (χ0) is 22.3. The van der Waals surface area contributed by atoms with Crippen LogP contribution in [-0.4, -0.2) is 39.2 Å². The molecule has 2 aromatic carbocycles. The van der Waals surface area contributed by atoms with E-state index in [1.807, 2.05) is 6.92 Å². The number of nitrogens with zero attached hydrogens (tertiary/aromatic N) is 1. The van der Waals surface area contributed by atoms with E-state index in [9.17, 15) is 18.0 Å². The fourth-order valence-corrected chi connectivity index (χ4v) is 4.03. The van der Waals surface area contributed by atoms with Gasteiger partial charge >= 0.3 is 5.97 Å². The number of carbonyl (C=O) groups excluding carboxylic acids is 2. The molecule has 1 amide bonds. The summed E-state index contributed by atoms with van der Waals surface area (Å²) in [7, 11) is -3.73. The van der Waals surface area contributed by atoms with Gasteiger partial charge in [0.15, 0.2) is 0 Å². The van der Waals surface area contributed by atoms with Crippen molar-refractivity contribution in [2.75, 3.05) is 22.5 Å². The highest BCUT2D eigenvalue weighted by Crippen LogP contribution is 2.23. The van der Waals surface area contributed by atoms with E-state index in [-0.39, 0.29) is 0 Å². The van der Waals surface area contributed by atoms with Crippen molar-refractivity contribution in [1.29, 1.82) is 0 Å². The van der Waals surface area contributed by atoms with E-state index in [2.05, 4.69) is 5.32 Å². The molecule has 0 saturated carbocycles. The summed E-state index contributed by atoms with van der Waals surface area (Å²) in [6.45, 7) is 3.85. The van der Waals surface area contributed by atoms with Crippen LogP contribution in [0.4, 0.5) is 11.4 Å². The Morgan fingerprint density at radius 2 is 1.70 bits per heavy atom. The van der Waals surface area contributed by atoms with Gasteiger partial charge in [0.1, 0.15) is 6.04 Å². The minimum absolute atomic E-state index is 0.328. The molecule has 0 aliphatic heterocycles. The van der Waals surface area contributed by atoms with E-state index < -0.39 is 27.9 Å². The number of nitrogens with one attached hydrogen (secondary N) is 1. The number of esters is 1. The van der Waals surface area contributed by atoms with Crippen LogP contribution < -0.4 is 9.62 Å². The van der Waals surface area contributed by atoms with Gasteiger partial charge < -0.3 is 10.1 Å². The number of hydrogen-bond donors (Lipinski definition) is 1. The Morgan fingerprint density at radius 1 is 1.10 bits per heavy atom. The molecule has 0 saturated heterocycles. The molecule has 1 atom stereocenters. The predicted octanol–water partition coefficient (Wildman–Crippen LogP) is 4.09. The molecular formula is C21H25ClN2O5S. The molecule has 2 aromatic rings. The number of hydrogen-bond acceptors (Lipinski definition) is 5. The first kappa shape index (κ1) is 23.7. The third-order valence-corrected chi connectivity index (χ3v) is 5.78. The SMILES string of the molecule is CCCCOC(=O)c1ccc(NC(=O)[C@@H](C)N(c2ccc(Cl)cc2)S(C)(=O)=O)cc1. The molecule has 0 radical (unpaired) electrons. The molecule has 0 aromatic heterocycles. The molecule has 0 bridgehead atoms. The molecule has 0 unspecified atom stereocenters. The van der Waals surface area contributed by atoms with Crippen LogP contribution in [0.2, 0.25) is 5.02 Å². The van der Waals surface area contributed by atoms with Gasteiger partial charge in [-0.25, -0.2) is 13.2 Å². The van der Waals surface area contributed by atoms with Crippen molar-refractivity contribution in [1.82, 2.24) is 0 Å². The molecule has 162 valence electrons. The van der Waals surface area contributed by atoms with Crippen molar-refractivity contribution in [3.05, 3.63) is 59.1 Å². The number of amides is 1. The highest BCUT2D eigenvalue weighted by atomic mass is 35.5. The maximum atomic E-state index is 12.7. The minimum atomic E-state index is -3.73. The van der Waals surface area contributed by atoms with Gasteiger partial charge in [-0.1, -0.05) is 24.9 Å². The van der Waals surface area contributed by atoms with Gasteiger partial charge in [0.2, 0.25) is 15.9 Å². The fourth-order valence-electron chi connectivity index (χ4n) is 2.73. The van der Waals surface area contributed by atoms with E-state index in [1.165, 1.54) is 19.1 Å². The zero-order valence-electron chi connectivity index (χ0n) is 17.1. The lowest BCUT2D eigenvalue weighted by atomic mass is 10.2. The first-order valence-electron chi connectivity index (χ1n) is 9.46. The van der Waals surface area contributed by atoms with Crippen LogP contribution in [0.5, 0.6) is 0 Å². The van der Waals surface area contributed by atoms with E-state index in [0.717, 1.165) is 23.4 Å². The minimum Gasteiger partial charge on any atom is -0.462 e. The topological polar surface area (TPSA) is 92.8 Å². The lowest BCUT2D eigenvalue weighted by Gasteiger charge is -2.28. The van der Waals surface area contributed by atoms with Gasteiger partial charge in [-0.05, 0) is 61.9 Å². The van der Waals surface area contributed by atoms with Gasteiger partial charge in [0.05, 0.1) is 24.1 Å². The molecule has 0 fully saturated rings. The molecule has 2 rings (SSSR count). The molecule has 30 heavy (non-hydrogen) atoms. The second kappa shape index (κ2) is 10.4. The summed E-state index contributed by atoms with van der Waals surface area (Å²) in [5.41, 5.74) is 1.13. The van der Waals surface area contributed by atoms with Crippen LogP contribution in [-0.2, 0) is 19.6 Å². The smallest absolute Gasteiger partial charge is 0.338 e. The summed E-state index contributed by atoms with van der Waals surface area (Å²) in [5, 5.41) is 3.13. The standard InChI is InChI=1S/C21H25ClN2O5S/c1-4-5-14-29-21(26)16-6-10-18(11-7-16)23-20(25)15(2)24(30(3,27)28)19-12-8-17(22)9-13-19/h6-13,15H,4-5,14H2,1-3H3,(H,23,25)/t15-/m1/s1. The summed E-state index contributed by atoms with van der Waals surface area (Å²) >= 11 is 5.87. The largest absolute Gasteiger partial charge is 0.462 e. The van der Waals surface area contributed by atoms with E-state index in [0.29, 0.717) is 28.6 Å². The molecule has 0 heterocycles. The summed E-state index contributed by atoms with van der Waals surface area (Å²) < 4.78 is 30.8. The Bertz CT molecular complexity index is 975. The van der Waals surface area contributed by atoms with Crippen LogP contribution in [0.15, 0.2) is 48.5 Å². The number of benzene rings is 2. The van der Waals surface area contributed by atoms with E-state index in [4.69, 9.17) is 16.3 Å². The third-order valence-electron chi connectivity index (χ3n) is 4.29. The average Bonchev–Trinajstić information content (AvgIpc) is 2.69. The summed E-state index contributed by atoms with van der Waals surface area (Å²) in [4.78, 5) is 24.6. The monoisotopic (exact) mass is 452 g/mol. The zero-order valence-corrected chi connectivity index (χ0v) is 18.7. The van der Waals surface area contributed by atoms with Crippen LogP contribution >= 0.6 is 11.6 Å². The first-order valence-corrected chi connectivity index (χ1v) is 11.7. The number of ether oxygens (including phenoxy) is 1. The molecule has 0 aliphatic carbocycles. The van der Waals surface area contributed by atoms with Crippen molar-refractivity contribution in [2.24, 2.45) is 0 Å². The highest BCUT2D eigenvalue weighted by Gasteiger charge is 2.29. The molecule has 9 heteroatoms. The van der Waals surface area contributed by atoms with E-state index >= 15 is 0 Å². The second-order valence-corrected chi connectivity index (χ2v) is 9.06. The van der Waals surface area contributed by atoms with Gasteiger partial charge in [0, 0.05) is 10.7 Å². The molecule has 0 spiro atoms. The Hall–Kier alpha value is -2.58. The average molecular weight is 453 g/mol. The van der Waals surface area contributed by atoms with Gasteiger partial charge in [0.25, 0.3) is 0 Å². The Morgan fingerprint density at radius 3 is 2.23 bits per heavy atom. The van der Waals surface area contributed by atoms with E-state index in [1.54, 1.807) is 36.4 Å². The summed E-state index contributed by atoms with van der Waals surface area (Å²) in [6.07, 6.45) is 2.75. The molecule has 0 aliphatic rings. The number of carbonyl (C=O) groups is 2. The van der Waals surface area contributed by atoms with Crippen LogP contribution in [0.25, 0.3) is 0 Å². The normalized spacial score (nSPS) is 12.1. The number of halogens is 1. The lowest BCUT2D eigenvalue weighted by Crippen LogP contribution is -2.45. The number of sulfonamides is 1. The van der Waals surface area contributed by atoms with Crippen LogP contribution in [0.1, 0.15) is 37.0 Å². The third kappa shape index (κ3) is 6.47. The van der Waals surface area contributed by atoms with Crippen LogP contribution in [0, 0.1) is 0 Å². The Balaban J connectivity index is 2.11. The van der Waals surface area contributed by atoms with Crippen molar-refractivity contribution in [3.63, 3.8) is 0 Å². The number of unbranched alkanes of at least 4 members (excludes halogenated alkanes) is 1. The Labute approximate surface area is 182 Å². The van der Waals surface area contributed by atoms with Crippen molar-refractivity contribution in [2.45, 2.75) is 32.7 Å². The van der Waals surface area contributed by atoms with Crippen LogP contribution in [0.3, 0.4) is 0 Å². The van der Waals surface area contributed by atoms with Crippen molar-refractivity contribution >= 4 is 44.9 Å². The fraction of sp³-hybridized carbons (Fsp3) is 0.333. The van der Waals surface area contributed by atoms with Gasteiger partial charge in [-0.2, -0.15) is 0 Å². The summed E-state index contributed by atoms with van der Waals surface area (Å²) in [6, 6.07) is 11.4. The maximum absolute atomic E-state index is 12.7. The number of anilines is 2. The maximum Gasteiger partial charge on any atom is 0.338 e. The second-order valence-electron chi connectivity index (χ2n) is 6.77. The molecular weight excluding hydrogens is 428 g/mol.